The van der Waals surface area contributed by atoms with Gasteiger partial charge in [-0.3, -0.25) is 0 Å². The molecule has 0 radical (unpaired) electrons. The zero-order valence-electron chi connectivity index (χ0n) is 7.79. The zero-order chi connectivity index (χ0) is 9.68. The molecule has 0 amide bonds. The van der Waals surface area contributed by atoms with E-state index in [1.807, 2.05) is 11.4 Å². The summed E-state index contributed by atoms with van der Waals surface area (Å²) in [4.78, 5) is 12.2. The number of carbonyl (C=O) groups is 1. The van der Waals surface area contributed by atoms with Crippen molar-refractivity contribution in [1.82, 2.24) is 5.32 Å². The molecular weight excluding hydrogens is 186 g/mol. The number of esters is 1. The first-order chi connectivity index (χ1) is 6.27. The summed E-state index contributed by atoms with van der Waals surface area (Å²) in [7, 11) is 1.39. The normalized spacial score (nSPS) is 10.0. The van der Waals surface area contributed by atoms with Crippen molar-refractivity contribution in [1.29, 1.82) is 0 Å². The molecule has 4 heteroatoms. The fourth-order valence-corrected chi connectivity index (χ4v) is 1.77. The lowest BCUT2D eigenvalue weighted by atomic mass is 10.3. The second-order valence-corrected chi connectivity index (χ2v) is 3.57. The van der Waals surface area contributed by atoms with Gasteiger partial charge in [-0.05, 0) is 12.6 Å². The number of ether oxygens (including phenoxy) is 1. The number of hydrogen-bond donors (Lipinski definition) is 1. The SMILES string of the molecule is CCNCc1cc(C(=O)OC)cs1. The average Bonchev–Trinajstić information content (AvgIpc) is 2.62. The molecule has 0 bridgehead atoms. The molecule has 0 saturated carbocycles. The Bertz CT molecular complexity index is 283. The Hall–Kier alpha value is -0.870. The van der Waals surface area contributed by atoms with Crippen LogP contribution in [-0.2, 0) is 11.3 Å². The van der Waals surface area contributed by atoms with Gasteiger partial charge < -0.3 is 10.1 Å². The Balaban J connectivity index is 2.58. The monoisotopic (exact) mass is 199 g/mol. The highest BCUT2D eigenvalue weighted by Crippen LogP contribution is 2.14. The molecule has 0 spiro atoms. The van der Waals surface area contributed by atoms with Gasteiger partial charge >= 0.3 is 5.97 Å². The Morgan fingerprint density at radius 1 is 1.69 bits per heavy atom. The molecule has 1 aromatic rings. The van der Waals surface area contributed by atoms with Crippen LogP contribution in [0.15, 0.2) is 11.4 Å². The second kappa shape index (κ2) is 4.99. The number of carbonyl (C=O) groups excluding carboxylic acids is 1. The van der Waals surface area contributed by atoms with Gasteiger partial charge in [-0.1, -0.05) is 6.92 Å². The van der Waals surface area contributed by atoms with Crippen LogP contribution >= 0.6 is 11.3 Å². The number of rotatable bonds is 4. The lowest BCUT2D eigenvalue weighted by Gasteiger charge is -1.96. The van der Waals surface area contributed by atoms with E-state index in [-0.39, 0.29) is 5.97 Å². The van der Waals surface area contributed by atoms with E-state index in [9.17, 15) is 4.79 Å². The zero-order valence-corrected chi connectivity index (χ0v) is 8.61. The lowest BCUT2D eigenvalue weighted by Crippen LogP contribution is -2.10. The summed E-state index contributed by atoms with van der Waals surface area (Å²) >= 11 is 1.57. The second-order valence-electron chi connectivity index (χ2n) is 2.57. The minimum Gasteiger partial charge on any atom is -0.465 e. The number of nitrogens with one attached hydrogen (secondary N) is 1. The van der Waals surface area contributed by atoms with Gasteiger partial charge in [0.25, 0.3) is 0 Å². The van der Waals surface area contributed by atoms with Gasteiger partial charge in [-0.2, -0.15) is 0 Å². The Morgan fingerprint density at radius 2 is 2.46 bits per heavy atom. The van der Waals surface area contributed by atoms with Gasteiger partial charge in [0.1, 0.15) is 0 Å². The third-order valence-electron chi connectivity index (χ3n) is 1.62. The van der Waals surface area contributed by atoms with E-state index in [0.29, 0.717) is 5.56 Å². The third-order valence-corrected chi connectivity index (χ3v) is 2.56. The fourth-order valence-electron chi connectivity index (χ4n) is 0.946. The summed E-state index contributed by atoms with van der Waals surface area (Å²) in [5.41, 5.74) is 0.639. The smallest absolute Gasteiger partial charge is 0.338 e. The van der Waals surface area contributed by atoms with Crippen molar-refractivity contribution in [2.24, 2.45) is 0 Å². The van der Waals surface area contributed by atoms with Crippen molar-refractivity contribution in [2.45, 2.75) is 13.5 Å². The molecule has 1 heterocycles. The fraction of sp³-hybridized carbons (Fsp3) is 0.444. The van der Waals surface area contributed by atoms with Crippen molar-refractivity contribution >= 4 is 17.3 Å². The summed E-state index contributed by atoms with van der Waals surface area (Å²) in [6.07, 6.45) is 0. The van der Waals surface area contributed by atoms with Crippen LogP contribution in [0, 0.1) is 0 Å². The van der Waals surface area contributed by atoms with Gasteiger partial charge in [0.15, 0.2) is 0 Å². The average molecular weight is 199 g/mol. The van der Waals surface area contributed by atoms with Gasteiger partial charge in [0.05, 0.1) is 12.7 Å². The number of thiophene rings is 1. The highest BCUT2D eigenvalue weighted by atomic mass is 32.1. The van der Waals surface area contributed by atoms with Gasteiger partial charge in [0, 0.05) is 16.8 Å². The van der Waals surface area contributed by atoms with E-state index in [1.54, 1.807) is 11.3 Å². The molecular formula is C9H13NO2S. The molecule has 3 nitrogen and oxygen atoms in total. The van der Waals surface area contributed by atoms with Crippen LogP contribution in [0.3, 0.4) is 0 Å². The Labute approximate surface area is 81.7 Å². The molecule has 0 unspecified atom stereocenters. The van der Waals surface area contributed by atoms with E-state index >= 15 is 0 Å². The summed E-state index contributed by atoms with van der Waals surface area (Å²) in [5.74, 6) is -0.265. The van der Waals surface area contributed by atoms with Crippen molar-refractivity contribution in [3.8, 4) is 0 Å². The van der Waals surface area contributed by atoms with E-state index in [1.165, 1.54) is 7.11 Å². The molecule has 0 aliphatic carbocycles. The summed E-state index contributed by atoms with van der Waals surface area (Å²) in [6.45, 7) is 3.80. The van der Waals surface area contributed by atoms with Gasteiger partial charge in [-0.25, -0.2) is 4.79 Å². The lowest BCUT2D eigenvalue weighted by molar-refractivity contribution is 0.0601. The molecule has 1 N–H and O–H groups in total. The summed E-state index contributed by atoms with van der Waals surface area (Å²) < 4.78 is 4.60. The third kappa shape index (κ3) is 2.82. The quantitative estimate of drug-likeness (QED) is 0.749. The summed E-state index contributed by atoms with van der Waals surface area (Å²) in [6, 6.07) is 1.86. The highest BCUT2D eigenvalue weighted by molar-refractivity contribution is 7.10. The molecule has 0 aliphatic rings. The standard InChI is InChI=1S/C9H13NO2S/c1-3-10-5-8-4-7(6-13-8)9(11)12-2/h4,6,10H,3,5H2,1-2H3. The molecule has 13 heavy (non-hydrogen) atoms. The van der Waals surface area contributed by atoms with Crippen LogP contribution in [-0.4, -0.2) is 19.6 Å². The maximum Gasteiger partial charge on any atom is 0.338 e. The van der Waals surface area contributed by atoms with Gasteiger partial charge in [-0.15, -0.1) is 11.3 Å². The molecule has 0 atom stereocenters. The summed E-state index contributed by atoms with van der Waals surface area (Å²) in [5, 5.41) is 5.01. The predicted octanol–water partition coefficient (Wildman–Crippen LogP) is 1.64. The van der Waals surface area contributed by atoms with Crippen LogP contribution in [0.1, 0.15) is 22.2 Å². The van der Waals surface area contributed by atoms with Crippen LogP contribution in [0.25, 0.3) is 0 Å². The highest BCUT2D eigenvalue weighted by Gasteiger charge is 2.07. The molecule has 72 valence electrons. The van der Waals surface area contributed by atoms with E-state index in [0.717, 1.165) is 18.0 Å². The van der Waals surface area contributed by atoms with Crippen LogP contribution in [0.5, 0.6) is 0 Å². The van der Waals surface area contributed by atoms with Crippen LogP contribution in [0.4, 0.5) is 0 Å². The minimum atomic E-state index is -0.265. The molecule has 0 aromatic carbocycles. The predicted molar refractivity (Wildman–Crippen MR) is 53.0 cm³/mol. The Morgan fingerprint density at radius 3 is 3.08 bits per heavy atom. The molecule has 1 rings (SSSR count). The Kier molecular flexibility index (Phi) is 3.92. The first kappa shape index (κ1) is 10.2. The number of hydrogen-bond acceptors (Lipinski definition) is 4. The molecule has 0 fully saturated rings. The van der Waals surface area contributed by atoms with Crippen LogP contribution in [0.2, 0.25) is 0 Å². The van der Waals surface area contributed by atoms with Crippen molar-refractivity contribution < 1.29 is 9.53 Å². The molecule has 1 aromatic heterocycles. The maximum atomic E-state index is 11.1. The van der Waals surface area contributed by atoms with Crippen molar-refractivity contribution in [2.75, 3.05) is 13.7 Å². The number of methoxy groups -OCH3 is 1. The van der Waals surface area contributed by atoms with Crippen molar-refractivity contribution in [3.63, 3.8) is 0 Å². The minimum absolute atomic E-state index is 0.265. The van der Waals surface area contributed by atoms with E-state index in [2.05, 4.69) is 17.0 Å². The topological polar surface area (TPSA) is 38.3 Å². The van der Waals surface area contributed by atoms with Crippen molar-refractivity contribution in [3.05, 3.63) is 21.9 Å². The van der Waals surface area contributed by atoms with Gasteiger partial charge in [0.2, 0.25) is 0 Å². The van der Waals surface area contributed by atoms with Crippen LogP contribution < -0.4 is 5.32 Å². The largest absolute Gasteiger partial charge is 0.465 e. The molecule has 0 saturated heterocycles. The maximum absolute atomic E-state index is 11.1. The molecule has 0 aliphatic heterocycles. The first-order valence-corrected chi connectivity index (χ1v) is 5.02. The first-order valence-electron chi connectivity index (χ1n) is 4.14. The van der Waals surface area contributed by atoms with E-state index < -0.39 is 0 Å². The van der Waals surface area contributed by atoms with E-state index in [4.69, 9.17) is 0 Å².